The highest BCUT2D eigenvalue weighted by Gasteiger charge is 2.33. The predicted molar refractivity (Wildman–Crippen MR) is 131 cm³/mol. The molecule has 27 heavy (non-hydrogen) atoms. The molecule has 0 amide bonds. The van der Waals surface area contributed by atoms with Gasteiger partial charge in [0, 0.05) is 0 Å². The Morgan fingerprint density at radius 1 is 0.556 bits per heavy atom. The second-order valence-electron chi connectivity index (χ2n) is 9.56. The van der Waals surface area contributed by atoms with Crippen molar-refractivity contribution < 1.29 is 4.12 Å². The molecule has 0 spiro atoms. The maximum absolute atomic E-state index is 6.80. The third-order valence-electron chi connectivity index (χ3n) is 5.28. The van der Waals surface area contributed by atoms with Crippen LogP contribution in [0.15, 0.2) is 25.3 Å². The Kier molecular flexibility index (Phi) is 16.7. The summed E-state index contributed by atoms with van der Waals surface area (Å²) in [5.74, 6) is 0. The van der Waals surface area contributed by atoms with Gasteiger partial charge in [-0.05, 0) is 64.0 Å². The second-order valence-corrected chi connectivity index (χ2v) is 18.5. The van der Waals surface area contributed by atoms with Gasteiger partial charge in [-0.2, -0.15) is 0 Å². The van der Waals surface area contributed by atoms with Gasteiger partial charge >= 0.3 is 0 Å². The largest absolute Gasteiger partial charge is 0.456 e. The summed E-state index contributed by atoms with van der Waals surface area (Å²) in [5, 5.41) is 0. The minimum absolute atomic E-state index is 1.18. The number of unbranched alkanes of at least 4 members (excludes halogenated alkanes) is 12. The Balaban J connectivity index is 4.02. The highest BCUT2D eigenvalue weighted by Crippen LogP contribution is 2.28. The van der Waals surface area contributed by atoms with E-state index in [2.05, 4.69) is 39.3 Å². The van der Waals surface area contributed by atoms with Crippen LogP contribution in [0.25, 0.3) is 0 Å². The molecule has 0 bridgehead atoms. The van der Waals surface area contributed by atoms with Crippen molar-refractivity contribution in [3.05, 3.63) is 25.3 Å². The maximum Gasteiger partial charge on any atom is 0.176 e. The van der Waals surface area contributed by atoms with Crippen LogP contribution in [0.4, 0.5) is 0 Å². The van der Waals surface area contributed by atoms with E-state index in [1.165, 1.54) is 102 Å². The lowest BCUT2D eigenvalue weighted by Crippen LogP contribution is -2.44. The minimum Gasteiger partial charge on any atom is -0.456 e. The molecule has 160 valence electrons. The molecular weight excluding hydrogens is 360 g/mol. The van der Waals surface area contributed by atoms with Crippen LogP contribution in [0.1, 0.15) is 89.9 Å². The van der Waals surface area contributed by atoms with Gasteiger partial charge in [0.1, 0.15) is 0 Å². The molecule has 0 aliphatic carbocycles. The molecule has 0 unspecified atom stereocenters. The van der Waals surface area contributed by atoms with Crippen molar-refractivity contribution in [1.29, 1.82) is 0 Å². The van der Waals surface area contributed by atoms with Gasteiger partial charge in [-0.1, -0.05) is 76.4 Å². The zero-order chi connectivity index (χ0) is 20.4. The van der Waals surface area contributed by atoms with Crippen molar-refractivity contribution in [1.82, 2.24) is 0 Å². The van der Waals surface area contributed by atoms with Gasteiger partial charge in [-0.3, -0.25) is 0 Å². The SMILES string of the molecule is C=CCCCCCCCC[Si](C)(CCCCCCCCC=C)O[Si](C)(C)C. The van der Waals surface area contributed by atoms with Crippen LogP contribution in [0.5, 0.6) is 0 Å². The van der Waals surface area contributed by atoms with Gasteiger partial charge in [0.2, 0.25) is 0 Å². The Morgan fingerprint density at radius 2 is 0.889 bits per heavy atom. The summed E-state index contributed by atoms with van der Waals surface area (Å²) < 4.78 is 6.80. The Morgan fingerprint density at radius 3 is 1.22 bits per heavy atom. The van der Waals surface area contributed by atoms with Crippen LogP contribution in [0.2, 0.25) is 38.3 Å². The molecule has 0 atom stereocenters. The fraction of sp³-hybridized carbons (Fsp3) is 0.833. The number of allylic oxidation sites excluding steroid dienone is 2. The van der Waals surface area contributed by atoms with E-state index in [1.54, 1.807) is 0 Å². The monoisotopic (exact) mass is 410 g/mol. The summed E-state index contributed by atoms with van der Waals surface area (Å²) in [6.45, 7) is 17.3. The smallest absolute Gasteiger partial charge is 0.176 e. The summed E-state index contributed by atoms with van der Waals surface area (Å²) in [7, 11) is -2.94. The summed E-state index contributed by atoms with van der Waals surface area (Å²) in [6.07, 6.45) is 23.0. The third-order valence-corrected chi connectivity index (χ3v) is 12.5. The van der Waals surface area contributed by atoms with Crippen LogP contribution in [-0.4, -0.2) is 16.6 Å². The quantitative estimate of drug-likeness (QED) is 0.110. The molecule has 0 aromatic heterocycles. The zero-order valence-corrected chi connectivity index (χ0v) is 21.3. The van der Waals surface area contributed by atoms with Gasteiger partial charge in [-0.15, -0.1) is 13.2 Å². The predicted octanol–water partition coefficient (Wildman–Crippen LogP) is 9.25. The number of hydrogen-bond donors (Lipinski definition) is 0. The van der Waals surface area contributed by atoms with E-state index in [-0.39, 0.29) is 0 Å². The molecule has 0 saturated heterocycles. The molecule has 0 fully saturated rings. The van der Waals surface area contributed by atoms with Crippen LogP contribution >= 0.6 is 0 Å². The van der Waals surface area contributed by atoms with E-state index < -0.39 is 16.6 Å². The molecule has 0 radical (unpaired) electrons. The maximum atomic E-state index is 6.80. The van der Waals surface area contributed by atoms with Gasteiger partial charge in [0.05, 0.1) is 0 Å². The van der Waals surface area contributed by atoms with Crippen LogP contribution < -0.4 is 0 Å². The first-order valence-corrected chi connectivity index (χ1v) is 18.0. The fourth-order valence-corrected chi connectivity index (χ4v) is 12.9. The molecule has 0 aromatic carbocycles. The van der Waals surface area contributed by atoms with Gasteiger partial charge in [0.15, 0.2) is 16.6 Å². The van der Waals surface area contributed by atoms with Gasteiger partial charge in [-0.25, -0.2) is 0 Å². The summed E-state index contributed by atoms with van der Waals surface area (Å²) >= 11 is 0. The Hall–Kier alpha value is -0.126. The standard InChI is InChI=1S/C24H50OSi2/c1-7-9-11-13-15-17-19-21-23-27(6,25-26(3,4)5)24-22-20-18-16-14-12-10-8-2/h7-8H,1-2,9-24H2,3-6H3. The second kappa shape index (κ2) is 16.8. The topological polar surface area (TPSA) is 9.23 Å². The van der Waals surface area contributed by atoms with E-state index >= 15 is 0 Å². The summed E-state index contributed by atoms with van der Waals surface area (Å²) in [4.78, 5) is 0. The lowest BCUT2D eigenvalue weighted by molar-refractivity contribution is 0.515. The van der Waals surface area contributed by atoms with E-state index in [1.807, 2.05) is 12.2 Å². The van der Waals surface area contributed by atoms with Crippen LogP contribution in [0, 0.1) is 0 Å². The molecule has 0 saturated carbocycles. The summed E-state index contributed by atoms with van der Waals surface area (Å²) in [5.41, 5.74) is 0. The molecule has 0 aromatic rings. The van der Waals surface area contributed by atoms with Crippen molar-refractivity contribution in [2.24, 2.45) is 0 Å². The number of hydrogen-bond acceptors (Lipinski definition) is 1. The summed E-state index contributed by atoms with van der Waals surface area (Å²) in [6, 6.07) is 2.76. The lowest BCUT2D eigenvalue weighted by atomic mass is 10.1. The first-order valence-electron chi connectivity index (χ1n) is 11.7. The molecule has 0 rings (SSSR count). The average molecular weight is 411 g/mol. The lowest BCUT2D eigenvalue weighted by Gasteiger charge is -2.35. The molecule has 1 nitrogen and oxygen atoms in total. The first-order chi connectivity index (χ1) is 12.8. The van der Waals surface area contributed by atoms with Crippen molar-refractivity contribution in [2.45, 2.75) is 128 Å². The molecule has 0 N–H and O–H groups in total. The van der Waals surface area contributed by atoms with Crippen molar-refractivity contribution >= 4 is 16.6 Å². The Bertz CT molecular complexity index is 336. The van der Waals surface area contributed by atoms with Crippen molar-refractivity contribution in [2.75, 3.05) is 0 Å². The van der Waals surface area contributed by atoms with Gasteiger partial charge in [0.25, 0.3) is 0 Å². The highest BCUT2D eigenvalue weighted by molar-refractivity contribution is 6.84. The van der Waals surface area contributed by atoms with Crippen molar-refractivity contribution in [3.8, 4) is 0 Å². The zero-order valence-electron chi connectivity index (χ0n) is 19.3. The van der Waals surface area contributed by atoms with Crippen molar-refractivity contribution in [3.63, 3.8) is 0 Å². The molecular formula is C24H50OSi2. The normalized spacial score (nSPS) is 12.3. The average Bonchev–Trinajstić information content (AvgIpc) is 2.58. The van der Waals surface area contributed by atoms with E-state index in [4.69, 9.17) is 4.12 Å². The van der Waals surface area contributed by atoms with Gasteiger partial charge < -0.3 is 4.12 Å². The molecule has 0 aliphatic heterocycles. The van der Waals surface area contributed by atoms with Crippen LogP contribution in [-0.2, 0) is 4.12 Å². The van der Waals surface area contributed by atoms with E-state index in [9.17, 15) is 0 Å². The number of rotatable bonds is 20. The van der Waals surface area contributed by atoms with E-state index in [0.717, 1.165) is 0 Å². The minimum atomic E-state index is -1.51. The molecule has 3 heteroatoms. The Labute approximate surface area is 174 Å². The van der Waals surface area contributed by atoms with Crippen LogP contribution in [0.3, 0.4) is 0 Å². The first kappa shape index (κ1) is 26.9. The third kappa shape index (κ3) is 19.0. The fourth-order valence-electron chi connectivity index (χ4n) is 3.96. The van der Waals surface area contributed by atoms with E-state index in [0.29, 0.717) is 0 Å². The molecule has 0 aliphatic rings. The highest BCUT2D eigenvalue weighted by atomic mass is 28.4. The molecule has 0 heterocycles.